The van der Waals surface area contributed by atoms with Crippen molar-refractivity contribution in [3.8, 4) is 5.75 Å². The zero-order valence-corrected chi connectivity index (χ0v) is 12.0. The minimum Gasteiger partial charge on any atom is -0.508 e. The first kappa shape index (κ1) is 14.7. The Hall–Kier alpha value is -1.69. The van der Waals surface area contributed by atoms with E-state index in [4.69, 9.17) is 5.11 Å². The lowest BCUT2D eigenvalue weighted by molar-refractivity contribution is -0.138. The molecule has 0 aromatic heterocycles. The Labute approximate surface area is 121 Å². The zero-order valence-electron chi connectivity index (χ0n) is 11.2. The molecule has 1 aromatic rings. The minimum atomic E-state index is -0.901. The number of phenolic OH excluding ortho intramolecular Hbond substituents is 1. The highest BCUT2D eigenvalue weighted by molar-refractivity contribution is 7.99. The van der Waals surface area contributed by atoms with Crippen LogP contribution in [0.4, 0.5) is 0 Å². The van der Waals surface area contributed by atoms with Gasteiger partial charge in [0.2, 0.25) is 0 Å². The quantitative estimate of drug-likeness (QED) is 0.888. The van der Waals surface area contributed by atoms with Crippen LogP contribution in [0.5, 0.6) is 5.75 Å². The summed E-state index contributed by atoms with van der Waals surface area (Å²) < 4.78 is 0. The van der Waals surface area contributed by atoms with E-state index in [1.54, 1.807) is 35.7 Å². The smallest absolute Gasteiger partial charge is 0.305 e. The van der Waals surface area contributed by atoms with Gasteiger partial charge in [-0.2, -0.15) is 11.8 Å². The highest BCUT2D eigenvalue weighted by Crippen LogP contribution is 2.24. The molecule has 0 spiro atoms. The van der Waals surface area contributed by atoms with E-state index < -0.39 is 5.97 Å². The summed E-state index contributed by atoms with van der Waals surface area (Å²) >= 11 is 1.66. The number of carbonyl (C=O) groups excluding carboxylic acids is 1. The Kier molecular flexibility index (Phi) is 4.54. The van der Waals surface area contributed by atoms with Gasteiger partial charge in [-0.25, -0.2) is 0 Å². The number of carboxylic acids is 1. The molecule has 0 saturated carbocycles. The second-order valence-corrected chi connectivity index (χ2v) is 5.98. The molecule has 1 aliphatic heterocycles. The fourth-order valence-electron chi connectivity index (χ4n) is 2.20. The highest BCUT2D eigenvalue weighted by atomic mass is 32.2. The van der Waals surface area contributed by atoms with Crippen molar-refractivity contribution in [3.63, 3.8) is 0 Å². The molecule has 1 aromatic carbocycles. The van der Waals surface area contributed by atoms with Crippen LogP contribution in [0.1, 0.15) is 22.3 Å². The topological polar surface area (TPSA) is 77.8 Å². The number of hydrogen-bond donors (Lipinski definition) is 2. The maximum absolute atomic E-state index is 12.5. The number of carboxylic acid groups (broad SMARTS) is 1. The standard InChI is InChI=1S/C14H17NO4S/c1-9-2-3-10(6-12(9)16)14(19)15-4-5-20-8-11(15)7-13(17)18/h2-3,6,11,16H,4-5,7-8H2,1H3,(H,17,18). The largest absolute Gasteiger partial charge is 0.508 e. The normalized spacial score (nSPS) is 18.9. The highest BCUT2D eigenvalue weighted by Gasteiger charge is 2.29. The average Bonchev–Trinajstić information content (AvgIpc) is 2.41. The first-order chi connectivity index (χ1) is 9.49. The number of aliphatic carboxylic acids is 1. The molecule has 1 amide bonds. The van der Waals surface area contributed by atoms with Crippen LogP contribution in [0.25, 0.3) is 0 Å². The number of carbonyl (C=O) groups is 2. The summed E-state index contributed by atoms with van der Waals surface area (Å²) in [7, 11) is 0. The van der Waals surface area contributed by atoms with E-state index in [1.165, 1.54) is 6.07 Å². The maximum Gasteiger partial charge on any atom is 0.305 e. The molecule has 6 heteroatoms. The van der Waals surface area contributed by atoms with Gasteiger partial charge in [0.1, 0.15) is 5.75 Å². The van der Waals surface area contributed by atoms with Crippen molar-refractivity contribution in [1.82, 2.24) is 4.90 Å². The first-order valence-corrected chi connectivity index (χ1v) is 7.54. The molecule has 1 saturated heterocycles. The summed E-state index contributed by atoms with van der Waals surface area (Å²) in [6.07, 6.45) is -0.0451. The van der Waals surface area contributed by atoms with E-state index in [0.29, 0.717) is 23.4 Å². The van der Waals surface area contributed by atoms with Gasteiger partial charge in [-0.05, 0) is 24.6 Å². The SMILES string of the molecule is Cc1ccc(C(=O)N2CCSCC2CC(=O)O)cc1O. The minimum absolute atomic E-state index is 0.0451. The predicted molar refractivity (Wildman–Crippen MR) is 77.2 cm³/mol. The molecule has 1 atom stereocenters. The van der Waals surface area contributed by atoms with Gasteiger partial charge < -0.3 is 15.1 Å². The Balaban J connectivity index is 2.20. The molecule has 0 aliphatic carbocycles. The lowest BCUT2D eigenvalue weighted by atomic mass is 10.1. The van der Waals surface area contributed by atoms with Gasteiger partial charge in [0, 0.05) is 23.6 Å². The van der Waals surface area contributed by atoms with E-state index in [0.717, 1.165) is 5.75 Å². The number of aryl methyl sites for hydroxylation is 1. The number of amides is 1. The number of phenols is 1. The number of nitrogens with zero attached hydrogens (tertiary/aromatic N) is 1. The number of thioether (sulfide) groups is 1. The Morgan fingerprint density at radius 2 is 2.20 bits per heavy atom. The van der Waals surface area contributed by atoms with Crippen LogP contribution in [0.15, 0.2) is 18.2 Å². The predicted octanol–water partition coefficient (Wildman–Crippen LogP) is 1.73. The second-order valence-electron chi connectivity index (χ2n) is 4.83. The van der Waals surface area contributed by atoms with Gasteiger partial charge in [-0.1, -0.05) is 6.07 Å². The van der Waals surface area contributed by atoms with Gasteiger partial charge in [0.05, 0.1) is 12.5 Å². The number of benzene rings is 1. The fourth-order valence-corrected chi connectivity index (χ4v) is 3.26. The molecule has 1 heterocycles. The van der Waals surface area contributed by atoms with Gasteiger partial charge in [0.15, 0.2) is 0 Å². The van der Waals surface area contributed by atoms with Crippen molar-refractivity contribution in [2.24, 2.45) is 0 Å². The molecule has 5 nitrogen and oxygen atoms in total. The van der Waals surface area contributed by atoms with Crippen LogP contribution in [0.2, 0.25) is 0 Å². The molecule has 0 bridgehead atoms. The van der Waals surface area contributed by atoms with Crippen LogP contribution in [-0.4, -0.2) is 51.1 Å². The summed E-state index contributed by atoms with van der Waals surface area (Å²) in [4.78, 5) is 25.0. The van der Waals surface area contributed by atoms with Crippen LogP contribution in [-0.2, 0) is 4.79 Å². The molecular weight excluding hydrogens is 278 g/mol. The molecule has 0 radical (unpaired) electrons. The molecule has 20 heavy (non-hydrogen) atoms. The maximum atomic E-state index is 12.5. The van der Waals surface area contributed by atoms with E-state index in [1.807, 2.05) is 0 Å². The third kappa shape index (κ3) is 3.25. The molecule has 2 N–H and O–H groups in total. The monoisotopic (exact) mass is 295 g/mol. The summed E-state index contributed by atoms with van der Waals surface area (Å²) in [5.74, 6) is 0.404. The van der Waals surface area contributed by atoms with Crippen LogP contribution in [0.3, 0.4) is 0 Å². The third-order valence-corrected chi connectivity index (χ3v) is 4.45. The number of hydrogen-bond acceptors (Lipinski definition) is 4. The van der Waals surface area contributed by atoms with E-state index in [2.05, 4.69) is 0 Å². The molecule has 1 unspecified atom stereocenters. The van der Waals surface area contributed by atoms with Crippen molar-refractivity contribution in [3.05, 3.63) is 29.3 Å². The van der Waals surface area contributed by atoms with Crippen LogP contribution in [0, 0.1) is 6.92 Å². The van der Waals surface area contributed by atoms with E-state index in [9.17, 15) is 14.7 Å². The van der Waals surface area contributed by atoms with Crippen molar-refractivity contribution < 1.29 is 19.8 Å². The Bertz CT molecular complexity index is 532. The van der Waals surface area contributed by atoms with Crippen molar-refractivity contribution in [2.75, 3.05) is 18.1 Å². The summed E-state index contributed by atoms with van der Waals surface area (Å²) in [5, 5.41) is 18.6. The van der Waals surface area contributed by atoms with Crippen molar-refractivity contribution >= 4 is 23.6 Å². The second kappa shape index (κ2) is 6.17. The molecule has 2 rings (SSSR count). The van der Waals surface area contributed by atoms with E-state index >= 15 is 0 Å². The molecular formula is C14H17NO4S. The van der Waals surface area contributed by atoms with E-state index in [-0.39, 0.29) is 24.1 Å². The molecule has 108 valence electrons. The fraction of sp³-hybridized carbons (Fsp3) is 0.429. The summed E-state index contributed by atoms with van der Waals surface area (Å²) in [5.41, 5.74) is 1.10. The lowest BCUT2D eigenvalue weighted by Gasteiger charge is -2.34. The average molecular weight is 295 g/mol. The summed E-state index contributed by atoms with van der Waals surface area (Å²) in [6, 6.07) is 4.50. The number of aromatic hydroxyl groups is 1. The zero-order chi connectivity index (χ0) is 14.7. The van der Waals surface area contributed by atoms with Crippen molar-refractivity contribution in [1.29, 1.82) is 0 Å². The lowest BCUT2D eigenvalue weighted by Crippen LogP contribution is -2.47. The van der Waals surface area contributed by atoms with Crippen LogP contribution < -0.4 is 0 Å². The van der Waals surface area contributed by atoms with Gasteiger partial charge in [0.25, 0.3) is 5.91 Å². The Morgan fingerprint density at radius 1 is 1.45 bits per heavy atom. The first-order valence-electron chi connectivity index (χ1n) is 6.39. The van der Waals surface area contributed by atoms with Crippen molar-refractivity contribution in [2.45, 2.75) is 19.4 Å². The Morgan fingerprint density at radius 3 is 2.85 bits per heavy atom. The van der Waals surface area contributed by atoms with Gasteiger partial charge in [-0.15, -0.1) is 0 Å². The van der Waals surface area contributed by atoms with Gasteiger partial charge >= 0.3 is 5.97 Å². The van der Waals surface area contributed by atoms with Crippen LogP contribution >= 0.6 is 11.8 Å². The van der Waals surface area contributed by atoms with Gasteiger partial charge in [-0.3, -0.25) is 9.59 Å². The molecule has 1 fully saturated rings. The third-order valence-electron chi connectivity index (χ3n) is 3.35. The number of rotatable bonds is 3. The molecule has 1 aliphatic rings. The summed E-state index contributed by atoms with van der Waals surface area (Å²) in [6.45, 7) is 2.30.